The third-order valence-electron chi connectivity index (χ3n) is 5.43. The Morgan fingerprint density at radius 2 is 1.67 bits per heavy atom. The minimum Gasteiger partial charge on any atom is -0.497 e. The fourth-order valence-corrected chi connectivity index (χ4v) is 4.25. The van der Waals surface area contributed by atoms with Crippen molar-refractivity contribution in [3.63, 3.8) is 0 Å². The summed E-state index contributed by atoms with van der Waals surface area (Å²) in [5.74, 6) is 1.95. The second kappa shape index (κ2) is 9.55. The fraction of sp³-hybridized carbons (Fsp3) is 0.261. The zero-order valence-electron chi connectivity index (χ0n) is 18.5. The van der Waals surface area contributed by atoms with Gasteiger partial charge >= 0.3 is 0 Å². The third-order valence-corrected chi connectivity index (χ3v) is 6.11. The minimum atomic E-state index is 0.480. The number of H-pyrrole nitrogens is 1. The minimum absolute atomic E-state index is 0.480. The average Bonchev–Trinajstić information content (AvgIpc) is 3.29. The van der Waals surface area contributed by atoms with Crippen LogP contribution in [0.5, 0.6) is 5.75 Å². The lowest BCUT2D eigenvalue weighted by molar-refractivity contribution is 0.122. The van der Waals surface area contributed by atoms with Crippen LogP contribution in [0.3, 0.4) is 0 Å². The van der Waals surface area contributed by atoms with Crippen molar-refractivity contribution in [1.82, 2.24) is 20.2 Å². The van der Waals surface area contributed by atoms with Crippen molar-refractivity contribution < 1.29 is 9.47 Å². The number of benzene rings is 2. The normalized spacial score (nSPS) is 13.8. The molecule has 2 aromatic carbocycles. The van der Waals surface area contributed by atoms with Gasteiger partial charge < -0.3 is 25.0 Å². The van der Waals surface area contributed by atoms with E-state index in [0.29, 0.717) is 17.4 Å². The summed E-state index contributed by atoms with van der Waals surface area (Å²) in [6, 6.07) is 16.0. The summed E-state index contributed by atoms with van der Waals surface area (Å²) in [4.78, 5) is 11.7. The third kappa shape index (κ3) is 4.67. The van der Waals surface area contributed by atoms with Gasteiger partial charge in [-0.1, -0.05) is 0 Å². The zero-order chi connectivity index (χ0) is 22.6. The van der Waals surface area contributed by atoms with Crippen LogP contribution < -0.4 is 20.3 Å². The molecule has 9 nitrogen and oxygen atoms in total. The van der Waals surface area contributed by atoms with E-state index in [9.17, 15) is 0 Å². The number of aromatic amines is 1. The maximum absolute atomic E-state index is 5.44. The van der Waals surface area contributed by atoms with Gasteiger partial charge in [0, 0.05) is 30.2 Å². The summed E-state index contributed by atoms with van der Waals surface area (Å²) < 4.78 is 10.7. The van der Waals surface area contributed by atoms with Crippen molar-refractivity contribution in [3.8, 4) is 5.75 Å². The fourth-order valence-electron chi connectivity index (χ4n) is 3.72. The van der Waals surface area contributed by atoms with Gasteiger partial charge in [-0.2, -0.15) is 15.1 Å². The molecule has 10 heteroatoms. The standard InChI is InChI=1S/C23H25N7O2S/c1-31-18-9-5-15(6-10-18)24-20-19-21(28-29-22(19)33-2)27-23(26-20)25-16-3-7-17(8-4-16)30-11-13-32-14-12-30/h3-10H,11-14H2,1-2H3,(H3,24,25,26,27,28,29). The van der Waals surface area contributed by atoms with Gasteiger partial charge in [0.1, 0.15) is 16.6 Å². The molecule has 1 fully saturated rings. The van der Waals surface area contributed by atoms with Crippen LogP contribution in [0.15, 0.2) is 53.6 Å². The second-order valence-corrected chi connectivity index (χ2v) is 8.27. The molecule has 0 radical (unpaired) electrons. The number of nitrogens with one attached hydrogen (secondary N) is 3. The molecule has 0 amide bonds. The smallest absolute Gasteiger partial charge is 0.231 e. The number of hydrogen-bond acceptors (Lipinski definition) is 9. The van der Waals surface area contributed by atoms with Gasteiger partial charge in [-0.3, -0.25) is 5.10 Å². The molecule has 0 spiro atoms. The Morgan fingerprint density at radius 3 is 2.36 bits per heavy atom. The maximum atomic E-state index is 5.44. The molecule has 3 N–H and O–H groups in total. The van der Waals surface area contributed by atoms with E-state index in [2.05, 4.69) is 42.8 Å². The predicted octanol–water partition coefficient (Wildman–Crippen LogP) is 4.41. The highest BCUT2D eigenvalue weighted by Gasteiger charge is 2.16. The summed E-state index contributed by atoms with van der Waals surface area (Å²) >= 11 is 1.54. The lowest BCUT2D eigenvalue weighted by atomic mass is 10.2. The molecule has 1 aliphatic heterocycles. The monoisotopic (exact) mass is 463 g/mol. The largest absolute Gasteiger partial charge is 0.497 e. The molecule has 5 rings (SSSR count). The van der Waals surface area contributed by atoms with Crippen molar-refractivity contribution >= 4 is 51.6 Å². The van der Waals surface area contributed by atoms with E-state index in [0.717, 1.165) is 53.8 Å². The van der Waals surface area contributed by atoms with E-state index in [-0.39, 0.29) is 0 Å². The van der Waals surface area contributed by atoms with Crippen LogP contribution in [0.4, 0.5) is 28.8 Å². The Bertz CT molecular complexity index is 1220. The molecule has 0 bridgehead atoms. The molecular formula is C23H25N7O2S. The van der Waals surface area contributed by atoms with E-state index < -0.39 is 0 Å². The van der Waals surface area contributed by atoms with Gasteiger partial charge in [0.05, 0.1) is 25.7 Å². The molecule has 1 aliphatic rings. The van der Waals surface area contributed by atoms with Crippen molar-refractivity contribution in [2.45, 2.75) is 5.03 Å². The highest BCUT2D eigenvalue weighted by Crippen LogP contribution is 2.32. The number of thioether (sulfide) groups is 1. The molecule has 4 aromatic rings. The predicted molar refractivity (Wildman–Crippen MR) is 132 cm³/mol. The molecule has 170 valence electrons. The van der Waals surface area contributed by atoms with Crippen LogP contribution in [0, 0.1) is 0 Å². The number of rotatable bonds is 7. The van der Waals surface area contributed by atoms with Crippen molar-refractivity contribution in [2.75, 3.05) is 55.2 Å². The highest BCUT2D eigenvalue weighted by atomic mass is 32.2. The van der Waals surface area contributed by atoms with E-state index in [1.807, 2.05) is 42.7 Å². The topological polar surface area (TPSA) is 100 Å². The van der Waals surface area contributed by atoms with Gasteiger partial charge in [0.25, 0.3) is 0 Å². The van der Waals surface area contributed by atoms with E-state index in [1.165, 1.54) is 5.69 Å². The van der Waals surface area contributed by atoms with Crippen LogP contribution >= 0.6 is 11.8 Å². The molecule has 0 atom stereocenters. The quantitative estimate of drug-likeness (QED) is 0.344. The van der Waals surface area contributed by atoms with Crippen molar-refractivity contribution in [3.05, 3.63) is 48.5 Å². The summed E-state index contributed by atoms with van der Waals surface area (Å²) in [6.07, 6.45) is 1.98. The van der Waals surface area contributed by atoms with Crippen LogP contribution in [0.25, 0.3) is 11.0 Å². The first-order chi connectivity index (χ1) is 16.2. The van der Waals surface area contributed by atoms with Gasteiger partial charge in [0.15, 0.2) is 5.65 Å². The number of hydrogen-bond donors (Lipinski definition) is 3. The summed E-state index contributed by atoms with van der Waals surface area (Å²) in [6.45, 7) is 3.34. The van der Waals surface area contributed by atoms with E-state index in [1.54, 1.807) is 18.9 Å². The van der Waals surface area contributed by atoms with Gasteiger partial charge in [-0.05, 0) is 54.8 Å². The highest BCUT2D eigenvalue weighted by molar-refractivity contribution is 7.98. The van der Waals surface area contributed by atoms with Crippen LogP contribution in [-0.4, -0.2) is 59.8 Å². The molecule has 3 heterocycles. The summed E-state index contributed by atoms with van der Waals surface area (Å²) in [7, 11) is 1.65. The molecule has 1 saturated heterocycles. The molecule has 0 aliphatic carbocycles. The number of fused-ring (bicyclic) bond motifs is 1. The van der Waals surface area contributed by atoms with Gasteiger partial charge in [0.2, 0.25) is 5.95 Å². The number of nitrogens with zero attached hydrogens (tertiary/aromatic N) is 4. The first-order valence-electron chi connectivity index (χ1n) is 10.6. The molecule has 33 heavy (non-hydrogen) atoms. The van der Waals surface area contributed by atoms with E-state index >= 15 is 0 Å². The van der Waals surface area contributed by atoms with Crippen molar-refractivity contribution in [1.29, 1.82) is 0 Å². The molecule has 0 saturated carbocycles. The number of morpholine rings is 1. The maximum Gasteiger partial charge on any atom is 0.231 e. The Kier molecular flexibility index (Phi) is 6.18. The lowest BCUT2D eigenvalue weighted by Gasteiger charge is -2.28. The summed E-state index contributed by atoms with van der Waals surface area (Å²) in [5.41, 5.74) is 3.65. The lowest BCUT2D eigenvalue weighted by Crippen LogP contribution is -2.36. The first kappa shape index (κ1) is 21.4. The number of ether oxygens (including phenoxy) is 2. The Morgan fingerprint density at radius 1 is 0.970 bits per heavy atom. The second-order valence-electron chi connectivity index (χ2n) is 7.48. The number of methoxy groups -OCH3 is 1. The van der Waals surface area contributed by atoms with Crippen LogP contribution in [0.2, 0.25) is 0 Å². The van der Waals surface area contributed by atoms with Crippen molar-refractivity contribution in [2.24, 2.45) is 0 Å². The Labute approximate surface area is 195 Å². The van der Waals surface area contributed by atoms with Gasteiger partial charge in [-0.25, -0.2) is 0 Å². The van der Waals surface area contributed by atoms with E-state index in [4.69, 9.17) is 14.5 Å². The number of anilines is 5. The summed E-state index contributed by atoms with van der Waals surface area (Å²) in [5, 5.41) is 15.8. The average molecular weight is 464 g/mol. The van der Waals surface area contributed by atoms with Crippen LogP contribution in [0.1, 0.15) is 0 Å². The van der Waals surface area contributed by atoms with Gasteiger partial charge in [-0.15, -0.1) is 11.8 Å². The Hall–Kier alpha value is -3.50. The van der Waals surface area contributed by atoms with Crippen LogP contribution in [-0.2, 0) is 4.74 Å². The Balaban J connectivity index is 1.42. The molecule has 0 unspecified atom stereocenters. The molecule has 2 aromatic heterocycles. The SMILES string of the molecule is COc1ccc(Nc2nc(Nc3ccc(N4CCOCC4)cc3)nc3[nH]nc(SC)c23)cc1. The zero-order valence-corrected chi connectivity index (χ0v) is 19.3. The first-order valence-corrected chi connectivity index (χ1v) is 11.9. The number of aromatic nitrogens is 4. The molecular weight excluding hydrogens is 438 g/mol.